The molecule has 0 unspecified atom stereocenters. The zero-order valence-electron chi connectivity index (χ0n) is 13.9. The topological polar surface area (TPSA) is 37.8 Å². The van der Waals surface area contributed by atoms with Crippen LogP contribution in [0, 0.1) is 0 Å². The van der Waals surface area contributed by atoms with Gasteiger partial charge in [-0.2, -0.15) is 0 Å². The summed E-state index contributed by atoms with van der Waals surface area (Å²) < 4.78 is 0. The minimum atomic E-state index is 0.798. The van der Waals surface area contributed by atoms with Crippen LogP contribution < -0.4 is 5.32 Å². The summed E-state index contributed by atoms with van der Waals surface area (Å²) in [4.78, 5) is 8.68. The number of aromatic nitrogens is 2. The van der Waals surface area contributed by atoms with Crippen molar-refractivity contribution < 1.29 is 0 Å². The average molecular weight is 317 g/mol. The van der Waals surface area contributed by atoms with Crippen molar-refractivity contribution in [3.8, 4) is 0 Å². The van der Waals surface area contributed by atoms with E-state index in [1.165, 1.54) is 16.8 Å². The Morgan fingerprint density at radius 1 is 0.625 bits per heavy atom. The lowest BCUT2D eigenvalue weighted by molar-refractivity contribution is 0.679. The maximum atomic E-state index is 4.37. The Labute approximate surface area is 143 Å². The van der Waals surface area contributed by atoms with Crippen LogP contribution in [0.1, 0.15) is 28.9 Å². The van der Waals surface area contributed by atoms with Crippen LogP contribution in [0.15, 0.2) is 73.1 Å². The summed E-state index contributed by atoms with van der Waals surface area (Å²) >= 11 is 0. The van der Waals surface area contributed by atoms with Crippen molar-refractivity contribution in [2.45, 2.75) is 32.4 Å². The Morgan fingerprint density at radius 2 is 1.29 bits per heavy atom. The molecule has 2 aromatic heterocycles. The van der Waals surface area contributed by atoms with E-state index >= 15 is 0 Å². The fourth-order valence-corrected chi connectivity index (χ4v) is 2.68. The first-order valence-corrected chi connectivity index (χ1v) is 8.48. The number of nitrogens with zero attached hydrogens (tertiary/aromatic N) is 2. The molecule has 0 aliphatic heterocycles. The van der Waals surface area contributed by atoms with Crippen LogP contribution in [0.5, 0.6) is 0 Å². The number of pyridine rings is 2. The number of nitrogens with one attached hydrogen (secondary N) is 1. The Kier molecular flexibility index (Phi) is 6.09. The molecule has 2 heterocycles. The predicted molar refractivity (Wildman–Crippen MR) is 97.5 cm³/mol. The number of aryl methyl sites for hydroxylation is 2. The van der Waals surface area contributed by atoms with Crippen molar-refractivity contribution in [2.75, 3.05) is 0 Å². The second-order valence-electron chi connectivity index (χ2n) is 5.92. The minimum absolute atomic E-state index is 0.798. The molecule has 0 amide bonds. The van der Waals surface area contributed by atoms with Crippen molar-refractivity contribution >= 4 is 0 Å². The van der Waals surface area contributed by atoms with Crippen LogP contribution in [-0.4, -0.2) is 9.97 Å². The molecule has 1 aromatic carbocycles. The molecular formula is C21H23N3. The van der Waals surface area contributed by atoms with E-state index in [0.717, 1.165) is 38.0 Å². The van der Waals surface area contributed by atoms with Gasteiger partial charge in [-0.15, -0.1) is 0 Å². The smallest absolute Gasteiger partial charge is 0.0541 e. The molecule has 0 aliphatic carbocycles. The number of benzene rings is 1. The molecule has 0 saturated carbocycles. The molecule has 0 spiro atoms. The standard InChI is InChI=1S/C21H23N3/c1-3-14-23-20(7-1)9-5-6-18-10-12-19(13-11-18)16-22-17-21-8-2-4-15-24-21/h1-4,7-8,10-15,22H,5-6,9,16-17H2. The van der Waals surface area contributed by atoms with Gasteiger partial charge in [-0.3, -0.25) is 9.97 Å². The van der Waals surface area contributed by atoms with E-state index in [1.54, 1.807) is 0 Å². The molecule has 0 fully saturated rings. The summed E-state index contributed by atoms with van der Waals surface area (Å²) in [6.45, 7) is 1.66. The molecule has 0 bridgehead atoms. The third kappa shape index (κ3) is 5.28. The normalized spacial score (nSPS) is 10.7. The zero-order chi connectivity index (χ0) is 16.5. The first kappa shape index (κ1) is 16.3. The number of hydrogen-bond donors (Lipinski definition) is 1. The average Bonchev–Trinajstić information content (AvgIpc) is 2.65. The lowest BCUT2D eigenvalue weighted by atomic mass is 10.0. The molecule has 3 aromatic rings. The van der Waals surface area contributed by atoms with Gasteiger partial charge in [0.05, 0.1) is 5.69 Å². The second kappa shape index (κ2) is 8.94. The van der Waals surface area contributed by atoms with E-state index in [-0.39, 0.29) is 0 Å². The van der Waals surface area contributed by atoms with Crippen molar-refractivity contribution in [3.05, 3.63) is 95.6 Å². The molecule has 0 saturated heterocycles. The molecule has 0 radical (unpaired) electrons. The van der Waals surface area contributed by atoms with Crippen LogP contribution in [0.2, 0.25) is 0 Å². The quantitative estimate of drug-likeness (QED) is 0.684. The van der Waals surface area contributed by atoms with Crippen LogP contribution >= 0.6 is 0 Å². The van der Waals surface area contributed by atoms with E-state index < -0.39 is 0 Å². The summed E-state index contributed by atoms with van der Waals surface area (Å²) in [5.41, 5.74) is 4.94. The lowest BCUT2D eigenvalue weighted by Gasteiger charge is -2.06. The van der Waals surface area contributed by atoms with Gasteiger partial charge in [0.15, 0.2) is 0 Å². The van der Waals surface area contributed by atoms with Gasteiger partial charge in [0.2, 0.25) is 0 Å². The highest BCUT2D eigenvalue weighted by atomic mass is 14.9. The first-order valence-electron chi connectivity index (χ1n) is 8.48. The second-order valence-corrected chi connectivity index (χ2v) is 5.92. The Morgan fingerprint density at radius 3 is 1.96 bits per heavy atom. The maximum Gasteiger partial charge on any atom is 0.0541 e. The minimum Gasteiger partial charge on any atom is -0.307 e. The summed E-state index contributed by atoms with van der Waals surface area (Å²) in [6.07, 6.45) is 6.96. The Hall–Kier alpha value is -2.52. The highest BCUT2D eigenvalue weighted by Crippen LogP contribution is 2.09. The largest absolute Gasteiger partial charge is 0.307 e. The van der Waals surface area contributed by atoms with Gasteiger partial charge in [0.25, 0.3) is 0 Å². The van der Waals surface area contributed by atoms with Gasteiger partial charge in [-0.05, 0) is 54.7 Å². The van der Waals surface area contributed by atoms with E-state index in [2.05, 4.69) is 51.7 Å². The van der Waals surface area contributed by atoms with Gasteiger partial charge in [0.1, 0.15) is 0 Å². The predicted octanol–water partition coefficient (Wildman–Crippen LogP) is 3.94. The van der Waals surface area contributed by atoms with Crippen molar-refractivity contribution in [1.29, 1.82) is 0 Å². The van der Waals surface area contributed by atoms with E-state index in [1.807, 2.05) is 36.7 Å². The maximum absolute atomic E-state index is 4.37. The highest BCUT2D eigenvalue weighted by Gasteiger charge is 1.98. The summed E-state index contributed by atoms with van der Waals surface area (Å²) in [7, 11) is 0. The van der Waals surface area contributed by atoms with Crippen LogP contribution in [0.3, 0.4) is 0 Å². The summed E-state index contributed by atoms with van der Waals surface area (Å²) in [5.74, 6) is 0. The molecule has 0 aliphatic rings. The van der Waals surface area contributed by atoms with Crippen LogP contribution in [-0.2, 0) is 25.9 Å². The molecule has 1 N–H and O–H groups in total. The van der Waals surface area contributed by atoms with Gasteiger partial charge in [-0.25, -0.2) is 0 Å². The lowest BCUT2D eigenvalue weighted by Crippen LogP contribution is -2.13. The first-order chi connectivity index (χ1) is 11.9. The van der Waals surface area contributed by atoms with E-state index in [0.29, 0.717) is 0 Å². The zero-order valence-corrected chi connectivity index (χ0v) is 13.9. The van der Waals surface area contributed by atoms with Crippen molar-refractivity contribution in [3.63, 3.8) is 0 Å². The van der Waals surface area contributed by atoms with E-state index in [4.69, 9.17) is 0 Å². The van der Waals surface area contributed by atoms with Crippen molar-refractivity contribution in [1.82, 2.24) is 15.3 Å². The monoisotopic (exact) mass is 317 g/mol. The molecule has 3 heteroatoms. The van der Waals surface area contributed by atoms with Crippen LogP contribution in [0.25, 0.3) is 0 Å². The third-order valence-corrected chi connectivity index (χ3v) is 4.01. The molecule has 122 valence electrons. The number of rotatable bonds is 8. The number of hydrogen-bond acceptors (Lipinski definition) is 3. The molecule has 3 rings (SSSR count). The van der Waals surface area contributed by atoms with Gasteiger partial charge >= 0.3 is 0 Å². The SMILES string of the molecule is c1ccc(CCCc2ccc(CNCc3ccccn3)cc2)nc1. The molecule has 24 heavy (non-hydrogen) atoms. The van der Waals surface area contributed by atoms with Gasteiger partial charge in [0, 0.05) is 31.2 Å². The summed E-state index contributed by atoms with van der Waals surface area (Å²) in [5, 5.41) is 3.43. The highest BCUT2D eigenvalue weighted by molar-refractivity contribution is 5.22. The van der Waals surface area contributed by atoms with E-state index in [9.17, 15) is 0 Å². The fourth-order valence-electron chi connectivity index (χ4n) is 2.68. The van der Waals surface area contributed by atoms with Gasteiger partial charge in [-0.1, -0.05) is 36.4 Å². The summed E-state index contributed by atoms with van der Waals surface area (Å²) in [6, 6.07) is 21.0. The van der Waals surface area contributed by atoms with Crippen molar-refractivity contribution in [2.24, 2.45) is 0 Å². The molecule has 0 atom stereocenters. The van der Waals surface area contributed by atoms with Crippen LogP contribution in [0.4, 0.5) is 0 Å². The molecular weight excluding hydrogens is 294 g/mol. The fraction of sp³-hybridized carbons (Fsp3) is 0.238. The van der Waals surface area contributed by atoms with Gasteiger partial charge < -0.3 is 5.32 Å². The Balaban J connectivity index is 1.40. The molecule has 3 nitrogen and oxygen atoms in total. The Bertz CT molecular complexity index is 645. The third-order valence-electron chi connectivity index (χ3n) is 4.01.